The summed E-state index contributed by atoms with van der Waals surface area (Å²) in [5.41, 5.74) is 0. The summed E-state index contributed by atoms with van der Waals surface area (Å²) < 4.78 is 21.6. The average Bonchev–Trinajstić information content (AvgIpc) is 1.99. The lowest BCUT2D eigenvalue weighted by molar-refractivity contribution is -0.139. The Morgan fingerprint density at radius 1 is 1.58 bits per heavy atom. The number of alkyl halides is 1. The van der Waals surface area contributed by atoms with E-state index in [0.717, 1.165) is 0 Å². The molecule has 0 saturated heterocycles. The maximum absolute atomic E-state index is 11.7. The molecule has 0 fully saturated rings. The maximum Gasteiger partial charge on any atom is 0.321 e. The summed E-state index contributed by atoms with van der Waals surface area (Å²) in [4.78, 5) is 10.5. The SMILES string of the molecule is CC(C)(C(=O)O)S(=O)CCCF. The first-order valence-electron chi connectivity index (χ1n) is 3.60. The lowest BCUT2D eigenvalue weighted by Crippen LogP contribution is -2.37. The summed E-state index contributed by atoms with van der Waals surface area (Å²) >= 11 is 0. The van der Waals surface area contributed by atoms with Gasteiger partial charge >= 0.3 is 5.97 Å². The summed E-state index contributed by atoms with van der Waals surface area (Å²) in [7, 11) is -1.50. The van der Waals surface area contributed by atoms with Gasteiger partial charge in [0.25, 0.3) is 0 Å². The number of halogens is 1. The van der Waals surface area contributed by atoms with Gasteiger partial charge in [-0.05, 0) is 20.3 Å². The second kappa shape index (κ2) is 4.54. The van der Waals surface area contributed by atoms with Gasteiger partial charge in [0.05, 0.1) is 6.67 Å². The van der Waals surface area contributed by atoms with Crippen molar-refractivity contribution in [2.45, 2.75) is 25.0 Å². The monoisotopic (exact) mass is 196 g/mol. The van der Waals surface area contributed by atoms with E-state index in [9.17, 15) is 13.4 Å². The van der Waals surface area contributed by atoms with E-state index < -0.39 is 28.2 Å². The number of carboxylic acids is 1. The van der Waals surface area contributed by atoms with Crippen LogP contribution in [0.15, 0.2) is 0 Å². The van der Waals surface area contributed by atoms with Gasteiger partial charge < -0.3 is 5.11 Å². The number of rotatable bonds is 5. The first-order valence-corrected chi connectivity index (χ1v) is 4.92. The second-order valence-corrected chi connectivity index (χ2v) is 5.03. The predicted molar refractivity (Wildman–Crippen MR) is 45.3 cm³/mol. The largest absolute Gasteiger partial charge is 0.480 e. The van der Waals surface area contributed by atoms with Crippen LogP contribution in [0.4, 0.5) is 4.39 Å². The van der Waals surface area contributed by atoms with Crippen molar-refractivity contribution in [1.29, 1.82) is 0 Å². The molecule has 0 bridgehead atoms. The van der Waals surface area contributed by atoms with E-state index in [4.69, 9.17) is 5.11 Å². The Balaban J connectivity index is 4.16. The first-order chi connectivity index (χ1) is 5.42. The van der Waals surface area contributed by atoms with Crippen LogP contribution in [0, 0.1) is 0 Å². The number of aliphatic carboxylic acids is 1. The van der Waals surface area contributed by atoms with Gasteiger partial charge in [0.2, 0.25) is 0 Å². The minimum Gasteiger partial charge on any atom is -0.480 e. The normalized spacial score (nSPS) is 14.2. The third-order valence-electron chi connectivity index (χ3n) is 1.55. The van der Waals surface area contributed by atoms with E-state index in [2.05, 4.69) is 0 Å². The molecule has 0 aliphatic heterocycles. The van der Waals surface area contributed by atoms with Crippen LogP contribution in [0.3, 0.4) is 0 Å². The molecule has 0 heterocycles. The molecule has 0 saturated carbocycles. The molecule has 0 aromatic heterocycles. The van der Waals surface area contributed by atoms with Gasteiger partial charge in [-0.15, -0.1) is 0 Å². The van der Waals surface area contributed by atoms with E-state index in [-0.39, 0.29) is 12.2 Å². The van der Waals surface area contributed by atoms with Crippen LogP contribution in [0.1, 0.15) is 20.3 Å². The van der Waals surface area contributed by atoms with Gasteiger partial charge in [0, 0.05) is 16.6 Å². The smallest absolute Gasteiger partial charge is 0.321 e. The number of carboxylic acid groups (broad SMARTS) is 1. The molecule has 1 unspecified atom stereocenters. The molecule has 0 rings (SSSR count). The average molecular weight is 196 g/mol. The molecule has 1 N–H and O–H groups in total. The van der Waals surface area contributed by atoms with Crippen LogP contribution in [0.2, 0.25) is 0 Å². The Morgan fingerprint density at radius 2 is 2.08 bits per heavy atom. The highest BCUT2D eigenvalue weighted by atomic mass is 32.2. The zero-order valence-corrected chi connectivity index (χ0v) is 7.99. The van der Waals surface area contributed by atoms with E-state index in [1.807, 2.05) is 0 Å². The molecule has 1 atom stereocenters. The minimum absolute atomic E-state index is 0.107. The van der Waals surface area contributed by atoms with Gasteiger partial charge in [0.15, 0.2) is 0 Å². The molecule has 0 aliphatic carbocycles. The third-order valence-corrected chi connectivity index (χ3v) is 3.52. The maximum atomic E-state index is 11.7. The highest BCUT2D eigenvalue weighted by molar-refractivity contribution is 7.87. The zero-order valence-electron chi connectivity index (χ0n) is 7.17. The minimum atomic E-state index is -1.50. The lowest BCUT2D eigenvalue weighted by atomic mass is 10.2. The Bertz CT molecular complexity index is 191. The third kappa shape index (κ3) is 2.89. The van der Waals surface area contributed by atoms with E-state index in [1.165, 1.54) is 13.8 Å². The molecular formula is C7H13FO3S. The summed E-state index contributed by atoms with van der Waals surface area (Å²) in [5.74, 6) is -1.00. The Hall–Kier alpha value is -0.450. The second-order valence-electron chi connectivity index (χ2n) is 2.91. The fourth-order valence-electron chi connectivity index (χ4n) is 0.538. The van der Waals surface area contributed by atoms with Crippen molar-refractivity contribution in [3.63, 3.8) is 0 Å². The molecule has 12 heavy (non-hydrogen) atoms. The molecule has 0 aromatic rings. The molecule has 3 nitrogen and oxygen atoms in total. The van der Waals surface area contributed by atoms with Crippen molar-refractivity contribution in [2.24, 2.45) is 0 Å². The van der Waals surface area contributed by atoms with E-state index in [0.29, 0.717) is 0 Å². The summed E-state index contributed by atoms with van der Waals surface area (Å²) in [6.45, 7) is 2.20. The highest BCUT2D eigenvalue weighted by Crippen LogP contribution is 2.13. The van der Waals surface area contributed by atoms with Crippen LogP contribution in [0.25, 0.3) is 0 Å². The first kappa shape index (κ1) is 11.6. The molecule has 0 amide bonds. The fourth-order valence-corrected chi connectivity index (χ4v) is 1.61. The Morgan fingerprint density at radius 3 is 2.42 bits per heavy atom. The molecule has 0 radical (unpaired) electrons. The van der Waals surface area contributed by atoms with Gasteiger partial charge in [-0.2, -0.15) is 0 Å². The van der Waals surface area contributed by atoms with Crippen LogP contribution < -0.4 is 0 Å². The molecule has 0 spiro atoms. The van der Waals surface area contributed by atoms with Crippen molar-refractivity contribution in [2.75, 3.05) is 12.4 Å². The van der Waals surface area contributed by atoms with Crippen molar-refractivity contribution in [3.05, 3.63) is 0 Å². The molecule has 0 aromatic carbocycles. The van der Waals surface area contributed by atoms with Crippen LogP contribution in [0.5, 0.6) is 0 Å². The zero-order chi connectivity index (χ0) is 9.78. The van der Waals surface area contributed by atoms with Gasteiger partial charge in [-0.3, -0.25) is 13.4 Å². The summed E-state index contributed by atoms with van der Waals surface area (Å²) in [5, 5.41) is 8.62. The molecule has 0 aliphatic rings. The number of hydrogen-bond donors (Lipinski definition) is 1. The van der Waals surface area contributed by atoms with Gasteiger partial charge in [0.1, 0.15) is 4.75 Å². The van der Waals surface area contributed by atoms with Crippen LogP contribution >= 0.6 is 0 Å². The van der Waals surface area contributed by atoms with Gasteiger partial charge in [-0.25, -0.2) is 0 Å². The van der Waals surface area contributed by atoms with Crippen molar-refractivity contribution < 1.29 is 18.5 Å². The van der Waals surface area contributed by atoms with E-state index >= 15 is 0 Å². The Labute approximate surface area is 73.4 Å². The summed E-state index contributed by atoms with van der Waals surface area (Å²) in [6, 6.07) is 0. The van der Waals surface area contributed by atoms with Gasteiger partial charge in [-0.1, -0.05) is 0 Å². The lowest BCUT2D eigenvalue weighted by Gasteiger charge is -2.17. The topological polar surface area (TPSA) is 54.4 Å². The van der Waals surface area contributed by atoms with Crippen molar-refractivity contribution in [1.82, 2.24) is 0 Å². The molecule has 5 heteroatoms. The van der Waals surface area contributed by atoms with E-state index in [1.54, 1.807) is 0 Å². The fraction of sp³-hybridized carbons (Fsp3) is 0.857. The number of hydrogen-bond acceptors (Lipinski definition) is 2. The number of carbonyl (C=O) groups is 1. The molecular weight excluding hydrogens is 183 g/mol. The predicted octanol–water partition coefficient (Wildman–Crippen LogP) is 0.958. The highest BCUT2D eigenvalue weighted by Gasteiger charge is 2.33. The van der Waals surface area contributed by atoms with Crippen molar-refractivity contribution in [3.8, 4) is 0 Å². The van der Waals surface area contributed by atoms with Crippen LogP contribution in [-0.4, -0.2) is 32.5 Å². The standard InChI is InChI=1S/C7H13FO3S/c1-7(2,6(9)10)12(11)5-3-4-8/h3-5H2,1-2H3,(H,9,10). The molecule has 72 valence electrons. The summed E-state index contributed by atoms with van der Waals surface area (Å²) in [6.07, 6.45) is 0.156. The van der Waals surface area contributed by atoms with Crippen LogP contribution in [-0.2, 0) is 15.6 Å². The van der Waals surface area contributed by atoms with Crippen molar-refractivity contribution >= 4 is 16.8 Å². The quantitative estimate of drug-likeness (QED) is 0.712. The Kier molecular flexibility index (Phi) is 4.37.